The minimum absolute atomic E-state index is 0.0205. The number of imide groups is 1. The third-order valence-corrected chi connectivity index (χ3v) is 5.58. The van der Waals surface area contributed by atoms with E-state index < -0.39 is 42.3 Å². The molecule has 36 heavy (non-hydrogen) atoms. The lowest BCUT2D eigenvalue weighted by Gasteiger charge is -2.25. The topological polar surface area (TPSA) is 119 Å². The van der Waals surface area contributed by atoms with Crippen molar-refractivity contribution in [3.63, 3.8) is 0 Å². The highest BCUT2D eigenvalue weighted by Gasteiger charge is 2.43. The van der Waals surface area contributed by atoms with Crippen LogP contribution < -0.4 is 5.32 Å². The van der Waals surface area contributed by atoms with Gasteiger partial charge < -0.3 is 14.8 Å². The average Bonchev–Trinajstić information content (AvgIpc) is 3.11. The quantitative estimate of drug-likeness (QED) is 0.286. The Kier molecular flexibility index (Phi) is 8.94. The molecule has 0 fully saturated rings. The molecule has 0 unspecified atom stereocenters. The molecule has 2 aromatic carbocycles. The molecule has 3 amide bonds. The summed E-state index contributed by atoms with van der Waals surface area (Å²) in [6.45, 7) is 5.45. The molecular formula is C27H30N2O7. The van der Waals surface area contributed by atoms with Crippen LogP contribution in [0.5, 0.6) is 0 Å². The average molecular weight is 495 g/mol. The highest BCUT2D eigenvalue weighted by Crippen LogP contribution is 2.27. The molecule has 0 bridgehead atoms. The molecule has 1 N–H and O–H groups in total. The standard InChI is InChI=1S/C27H30N2O7/c1-4-5-14-35-26(33)18-10-12-19(13-11-18)28-23(30)16-36-27(34)22(15-17(2)3)29-24(31)20-8-6-7-9-21(20)25(29)32/h6-13,17,22H,4-5,14-16H2,1-3H3,(H,28,30)/t22-/m1/s1. The van der Waals surface area contributed by atoms with E-state index in [-0.39, 0.29) is 23.5 Å². The zero-order valence-corrected chi connectivity index (χ0v) is 20.6. The van der Waals surface area contributed by atoms with Crippen molar-refractivity contribution < 1.29 is 33.4 Å². The third kappa shape index (κ3) is 6.35. The van der Waals surface area contributed by atoms with Gasteiger partial charge in [0.1, 0.15) is 6.04 Å². The lowest BCUT2D eigenvalue weighted by molar-refractivity contribution is -0.151. The summed E-state index contributed by atoms with van der Waals surface area (Å²) in [4.78, 5) is 63.8. The van der Waals surface area contributed by atoms with Crippen molar-refractivity contribution in [2.24, 2.45) is 5.92 Å². The number of hydrogen-bond acceptors (Lipinski definition) is 7. The molecule has 1 aliphatic rings. The lowest BCUT2D eigenvalue weighted by Crippen LogP contribution is -2.46. The van der Waals surface area contributed by atoms with Crippen LogP contribution in [0.25, 0.3) is 0 Å². The smallest absolute Gasteiger partial charge is 0.338 e. The number of fused-ring (bicyclic) bond motifs is 1. The number of anilines is 1. The molecule has 0 aliphatic carbocycles. The molecule has 9 heteroatoms. The summed E-state index contributed by atoms with van der Waals surface area (Å²) in [5.41, 5.74) is 1.23. The molecule has 9 nitrogen and oxygen atoms in total. The van der Waals surface area contributed by atoms with Crippen molar-refractivity contribution in [1.82, 2.24) is 4.90 Å². The number of nitrogens with one attached hydrogen (secondary N) is 1. The summed E-state index contributed by atoms with van der Waals surface area (Å²) in [5, 5.41) is 2.58. The second-order valence-corrected chi connectivity index (χ2v) is 8.89. The second kappa shape index (κ2) is 12.1. The molecule has 0 saturated heterocycles. The Hall–Kier alpha value is -4.01. The van der Waals surface area contributed by atoms with E-state index in [1.165, 1.54) is 36.4 Å². The van der Waals surface area contributed by atoms with Crippen LogP contribution in [-0.2, 0) is 19.1 Å². The van der Waals surface area contributed by atoms with Crippen LogP contribution in [0.15, 0.2) is 48.5 Å². The van der Waals surface area contributed by atoms with Crippen LogP contribution in [0, 0.1) is 5.92 Å². The van der Waals surface area contributed by atoms with Crippen molar-refractivity contribution >= 4 is 35.3 Å². The van der Waals surface area contributed by atoms with Gasteiger partial charge in [0.2, 0.25) is 0 Å². The van der Waals surface area contributed by atoms with Gasteiger partial charge in [-0.15, -0.1) is 0 Å². The van der Waals surface area contributed by atoms with Crippen molar-refractivity contribution in [3.8, 4) is 0 Å². The maximum absolute atomic E-state index is 12.9. The first-order chi connectivity index (χ1) is 17.2. The van der Waals surface area contributed by atoms with Gasteiger partial charge in [0, 0.05) is 5.69 Å². The fourth-order valence-corrected chi connectivity index (χ4v) is 3.76. The first kappa shape index (κ1) is 26.6. The predicted octanol–water partition coefficient (Wildman–Crippen LogP) is 3.84. The Morgan fingerprint density at radius 1 is 0.917 bits per heavy atom. The molecule has 0 saturated carbocycles. The van der Waals surface area contributed by atoms with Gasteiger partial charge in [0.05, 0.1) is 23.3 Å². The summed E-state index contributed by atoms with van der Waals surface area (Å²) >= 11 is 0. The van der Waals surface area contributed by atoms with E-state index in [0.29, 0.717) is 17.9 Å². The minimum atomic E-state index is -1.15. The number of rotatable bonds is 11. The number of unbranched alkanes of at least 4 members (excludes halogenated alkanes) is 1. The molecule has 1 atom stereocenters. The van der Waals surface area contributed by atoms with E-state index in [2.05, 4.69) is 5.32 Å². The van der Waals surface area contributed by atoms with E-state index in [0.717, 1.165) is 17.7 Å². The van der Waals surface area contributed by atoms with Crippen molar-refractivity contribution in [2.75, 3.05) is 18.5 Å². The van der Waals surface area contributed by atoms with Gasteiger partial charge in [-0.2, -0.15) is 0 Å². The Balaban J connectivity index is 1.59. The van der Waals surface area contributed by atoms with Crippen LogP contribution in [0.2, 0.25) is 0 Å². The molecule has 1 aliphatic heterocycles. The Morgan fingerprint density at radius 2 is 1.53 bits per heavy atom. The minimum Gasteiger partial charge on any atom is -0.462 e. The van der Waals surface area contributed by atoms with E-state index >= 15 is 0 Å². The zero-order chi connectivity index (χ0) is 26.2. The first-order valence-electron chi connectivity index (χ1n) is 11.9. The van der Waals surface area contributed by atoms with Gasteiger partial charge in [0.25, 0.3) is 17.7 Å². The van der Waals surface area contributed by atoms with Gasteiger partial charge in [0.15, 0.2) is 6.61 Å². The molecule has 0 aromatic heterocycles. The van der Waals surface area contributed by atoms with E-state index in [1.807, 2.05) is 20.8 Å². The van der Waals surface area contributed by atoms with Gasteiger partial charge in [-0.05, 0) is 55.2 Å². The summed E-state index contributed by atoms with van der Waals surface area (Å²) in [7, 11) is 0. The number of benzene rings is 2. The molecule has 0 spiro atoms. The highest BCUT2D eigenvalue weighted by molar-refractivity contribution is 6.22. The zero-order valence-electron chi connectivity index (χ0n) is 20.6. The number of carbonyl (C=O) groups is 5. The van der Waals surface area contributed by atoms with Crippen LogP contribution in [0.1, 0.15) is 71.1 Å². The Bertz CT molecular complexity index is 1110. The molecule has 0 radical (unpaired) electrons. The molecule has 190 valence electrons. The van der Waals surface area contributed by atoms with Crippen LogP contribution in [0.3, 0.4) is 0 Å². The summed E-state index contributed by atoms with van der Waals surface area (Å²) < 4.78 is 10.3. The van der Waals surface area contributed by atoms with Crippen molar-refractivity contribution in [3.05, 3.63) is 65.2 Å². The summed E-state index contributed by atoms with van der Waals surface area (Å²) in [6, 6.07) is 11.3. The van der Waals surface area contributed by atoms with Gasteiger partial charge >= 0.3 is 11.9 Å². The molecular weight excluding hydrogens is 464 g/mol. The molecule has 2 aromatic rings. The van der Waals surface area contributed by atoms with Crippen molar-refractivity contribution in [1.29, 1.82) is 0 Å². The Labute approximate surface area is 209 Å². The van der Waals surface area contributed by atoms with E-state index in [1.54, 1.807) is 12.1 Å². The number of hydrogen-bond donors (Lipinski definition) is 1. The fraction of sp³-hybridized carbons (Fsp3) is 0.370. The van der Waals surface area contributed by atoms with Gasteiger partial charge in [-0.1, -0.05) is 39.3 Å². The van der Waals surface area contributed by atoms with Gasteiger partial charge in [-0.3, -0.25) is 19.3 Å². The second-order valence-electron chi connectivity index (χ2n) is 8.89. The fourth-order valence-electron chi connectivity index (χ4n) is 3.76. The maximum atomic E-state index is 12.9. The number of carbonyl (C=O) groups excluding carboxylic acids is 5. The third-order valence-electron chi connectivity index (χ3n) is 5.58. The van der Waals surface area contributed by atoms with E-state index in [9.17, 15) is 24.0 Å². The maximum Gasteiger partial charge on any atom is 0.338 e. The number of esters is 2. The number of nitrogens with zero attached hydrogens (tertiary/aromatic N) is 1. The molecule has 3 rings (SSSR count). The van der Waals surface area contributed by atoms with Crippen LogP contribution in [-0.4, -0.2) is 53.8 Å². The van der Waals surface area contributed by atoms with Crippen LogP contribution in [0.4, 0.5) is 5.69 Å². The van der Waals surface area contributed by atoms with Crippen molar-refractivity contribution in [2.45, 2.75) is 46.1 Å². The predicted molar refractivity (Wildman–Crippen MR) is 131 cm³/mol. The van der Waals surface area contributed by atoms with Gasteiger partial charge in [-0.25, -0.2) is 9.59 Å². The normalized spacial score (nSPS) is 13.4. The number of ether oxygens (including phenoxy) is 2. The lowest BCUT2D eigenvalue weighted by atomic mass is 10.0. The highest BCUT2D eigenvalue weighted by atomic mass is 16.5. The summed E-state index contributed by atoms with van der Waals surface area (Å²) in [5.74, 6) is -3.02. The number of amides is 3. The SMILES string of the molecule is CCCCOC(=O)c1ccc(NC(=O)COC(=O)[C@@H](CC(C)C)N2C(=O)c3ccccc3C2=O)cc1. The summed E-state index contributed by atoms with van der Waals surface area (Å²) in [6.07, 6.45) is 1.89. The monoisotopic (exact) mass is 494 g/mol. The van der Waals surface area contributed by atoms with Crippen LogP contribution >= 0.6 is 0 Å². The first-order valence-corrected chi connectivity index (χ1v) is 11.9. The van der Waals surface area contributed by atoms with E-state index in [4.69, 9.17) is 9.47 Å². The Morgan fingerprint density at radius 3 is 2.08 bits per heavy atom. The molecule has 1 heterocycles. The largest absolute Gasteiger partial charge is 0.462 e.